The quantitative estimate of drug-likeness (QED) is 0.416. The van der Waals surface area contributed by atoms with Crippen molar-refractivity contribution >= 4 is 23.3 Å². The first kappa shape index (κ1) is 20.9. The van der Waals surface area contributed by atoms with Gasteiger partial charge in [-0.25, -0.2) is 0 Å². The monoisotopic (exact) mass is 390 g/mol. The third kappa shape index (κ3) is 5.06. The molecule has 2 rings (SSSR count). The van der Waals surface area contributed by atoms with Crippen LogP contribution in [0.5, 0.6) is 5.75 Å². The maximum absolute atomic E-state index is 12.2. The van der Waals surface area contributed by atoms with Crippen molar-refractivity contribution < 1.29 is 24.0 Å². The van der Waals surface area contributed by atoms with Crippen molar-refractivity contribution in [1.82, 2.24) is 9.78 Å². The second kappa shape index (κ2) is 8.98. The van der Waals surface area contributed by atoms with Gasteiger partial charge in [0, 0.05) is 5.69 Å². The van der Waals surface area contributed by atoms with E-state index in [1.165, 1.54) is 25.5 Å². The SMILES string of the molecule is CCOc1ccc(NC(=O)[C@@H](C)OC(=O)Cn2nc(C)c([N+](=O)[O-])c2C)cc1. The molecule has 1 amide bonds. The number of aromatic nitrogens is 2. The summed E-state index contributed by atoms with van der Waals surface area (Å²) in [6, 6.07) is 6.77. The van der Waals surface area contributed by atoms with Crippen molar-refractivity contribution in [2.45, 2.75) is 40.3 Å². The Morgan fingerprint density at radius 3 is 2.46 bits per heavy atom. The highest BCUT2D eigenvalue weighted by molar-refractivity contribution is 5.95. The average Bonchev–Trinajstić information content (AvgIpc) is 2.90. The summed E-state index contributed by atoms with van der Waals surface area (Å²) in [5, 5.41) is 17.6. The average molecular weight is 390 g/mol. The van der Waals surface area contributed by atoms with E-state index in [0.717, 1.165) is 0 Å². The number of nitrogens with one attached hydrogen (secondary N) is 1. The van der Waals surface area contributed by atoms with E-state index in [4.69, 9.17) is 9.47 Å². The van der Waals surface area contributed by atoms with Gasteiger partial charge in [0.05, 0.1) is 11.5 Å². The van der Waals surface area contributed by atoms with Crippen LogP contribution in [-0.4, -0.2) is 39.3 Å². The molecule has 1 heterocycles. The van der Waals surface area contributed by atoms with Crippen LogP contribution < -0.4 is 10.1 Å². The van der Waals surface area contributed by atoms with Gasteiger partial charge in [-0.2, -0.15) is 5.10 Å². The molecule has 1 aromatic heterocycles. The molecule has 28 heavy (non-hydrogen) atoms. The molecule has 1 atom stereocenters. The summed E-state index contributed by atoms with van der Waals surface area (Å²) >= 11 is 0. The molecule has 10 heteroatoms. The fourth-order valence-corrected chi connectivity index (χ4v) is 2.56. The molecule has 2 aromatic rings. The lowest BCUT2D eigenvalue weighted by Gasteiger charge is -2.14. The Kier molecular flexibility index (Phi) is 6.69. The molecule has 0 spiro atoms. The van der Waals surface area contributed by atoms with Gasteiger partial charge in [0.15, 0.2) is 6.10 Å². The van der Waals surface area contributed by atoms with E-state index in [9.17, 15) is 19.7 Å². The number of aryl methyl sites for hydroxylation is 1. The van der Waals surface area contributed by atoms with Crippen LogP contribution in [0.3, 0.4) is 0 Å². The first-order valence-electron chi connectivity index (χ1n) is 8.64. The van der Waals surface area contributed by atoms with Crippen LogP contribution in [0.25, 0.3) is 0 Å². The number of rotatable bonds is 8. The summed E-state index contributed by atoms with van der Waals surface area (Å²) in [5.74, 6) is -0.550. The van der Waals surface area contributed by atoms with Crippen LogP contribution in [0.1, 0.15) is 25.2 Å². The standard InChI is InChI=1S/C18H22N4O6/c1-5-27-15-8-6-14(7-9-15)19-18(24)13(4)28-16(23)10-21-12(3)17(22(25)26)11(2)20-21/h6-9,13H,5,10H2,1-4H3,(H,19,24)/t13-/m1/s1. The normalized spacial score (nSPS) is 11.6. The van der Waals surface area contributed by atoms with E-state index in [1.807, 2.05) is 6.92 Å². The minimum absolute atomic E-state index is 0.144. The van der Waals surface area contributed by atoms with Crippen LogP contribution in [-0.2, 0) is 20.9 Å². The minimum Gasteiger partial charge on any atom is -0.494 e. The van der Waals surface area contributed by atoms with Crippen molar-refractivity contribution in [2.75, 3.05) is 11.9 Å². The number of ether oxygens (including phenoxy) is 2. The maximum atomic E-state index is 12.2. The molecular formula is C18H22N4O6. The van der Waals surface area contributed by atoms with Crippen LogP contribution in [0, 0.1) is 24.0 Å². The largest absolute Gasteiger partial charge is 0.494 e. The molecule has 0 fully saturated rings. The predicted molar refractivity (Wildman–Crippen MR) is 100 cm³/mol. The van der Waals surface area contributed by atoms with Crippen molar-refractivity contribution in [3.05, 3.63) is 45.8 Å². The van der Waals surface area contributed by atoms with Crippen molar-refractivity contribution in [1.29, 1.82) is 0 Å². The summed E-state index contributed by atoms with van der Waals surface area (Å²) in [6.07, 6.45) is -1.05. The molecule has 0 saturated heterocycles. The number of benzene rings is 1. The Labute approximate surface area is 161 Å². The Hall–Kier alpha value is -3.43. The maximum Gasteiger partial charge on any atom is 0.328 e. The second-order valence-electron chi connectivity index (χ2n) is 6.01. The number of hydrogen-bond donors (Lipinski definition) is 1. The van der Waals surface area contributed by atoms with Crippen molar-refractivity contribution in [3.63, 3.8) is 0 Å². The van der Waals surface area contributed by atoms with Gasteiger partial charge >= 0.3 is 11.7 Å². The first-order valence-corrected chi connectivity index (χ1v) is 8.64. The van der Waals surface area contributed by atoms with Gasteiger partial charge in [-0.3, -0.25) is 24.4 Å². The molecule has 0 unspecified atom stereocenters. The highest BCUT2D eigenvalue weighted by Crippen LogP contribution is 2.21. The molecular weight excluding hydrogens is 368 g/mol. The molecule has 150 valence electrons. The number of carbonyl (C=O) groups is 2. The van der Waals surface area contributed by atoms with E-state index >= 15 is 0 Å². The lowest BCUT2D eigenvalue weighted by atomic mass is 10.3. The van der Waals surface area contributed by atoms with Gasteiger partial charge in [0.2, 0.25) is 0 Å². The van der Waals surface area contributed by atoms with Gasteiger partial charge < -0.3 is 14.8 Å². The first-order chi connectivity index (χ1) is 13.2. The molecule has 1 aromatic carbocycles. The molecule has 0 aliphatic carbocycles. The molecule has 10 nitrogen and oxygen atoms in total. The third-order valence-corrected chi connectivity index (χ3v) is 3.92. The minimum atomic E-state index is -1.05. The number of hydrogen-bond acceptors (Lipinski definition) is 7. The topological polar surface area (TPSA) is 126 Å². The number of carbonyl (C=O) groups excluding carboxylic acids is 2. The number of nitrogens with zero attached hydrogens (tertiary/aromatic N) is 3. The van der Waals surface area contributed by atoms with Gasteiger partial charge in [-0.1, -0.05) is 0 Å². The lowest BCUT2D eigenvalue weighted by molar-refractivity contribution is -0.386. The van der Waals surface area contributed by atoms with Crippen LogP contribution in [0.4, 0.5) is 11.4 Å². The van der Waals surface area contributed by atoms with E-state index in [0.29, 0.717) is 18.0 Å². The fraction of sp³-hybridized carbons (Fsp3) is 0.389. The molecule has 1 N–H and O–H groups in total. The van der Waals surface area contributed by atoms with Crippen LogP contribution >= 0.6 is 0 Å². The van der Waals surface area contributed by atoms with Gasteiger partial charge in [-0.05, 0) is 52.0 Å². The molecule has 0 radical (unpaired) electrons. The number of anilines is 1. The van der Waals surface area contributed by atoms with E-state index in [2.05, 4.69) is 10.4 Å². The van der Waals surface area contributed by atoms with Crippen molar-refractivity contribution in [3.8, 4) is 5.75 Å². The van der Waals surface area contributed by atoms with E-state index < -0.39 is 22.9 Å². The third-order valence-electron chi connectivity index (χ3n) is 3.92. The highest BCUT2D eigenvalue weighted by atomic mass is 16.6. The van der Waals surface area contributed by atoms with Crippen LogP contribution in [0.15, 0.2) is 24.3 Å². The predicted octanol–water partition coefficient (Wildman–Crippen LogP) is 2.38. The molecule has 0 bridgehead atoms. The number of amides is 1. The van der Waals surface area contributed by atoms with E-state index in [-0.39, 0.29) is 23.6 Å². The zero-order valence-corrected chi connectivity index (χ0v) is 16.1. The lowest BCUT2D eigenvalue weighted by Crippen LogP contribution is -2.31. The summed E-state index contributed by atoms with van der Waals surface area (Å²) in [7, 11) is 0. The summed E-state index contributed by atoms with van der Waals surface area (Å²) in [6.45, 7) is 6.49. The summed E-state index contributed by atoms with van der Waals surface area (Å²) in [4.78, 5) is 34.7. The molecule has 0 aliphatic rings. The van der Waals surface area contributed by atoms with Gasteiger partial charge in [-0.15, -0.1) is 0 Å². The van der Waals surface area contributed by atoms with Gasteiger partial charge in [0.25, 0.3) is 5.91 Å². The fourth-order valence-electron chi connectivity index (χ4n) is 2.56. The zero-order valence-electron chi connectivity index (χ0n) is 16.1. The second-order valence-corrected chi connectivity index (χ2v) is 6.01. The Morgan fingerprint density at radius 1 is 1.29 bits per heavy atom. The number of nitro groups is 1. The molecule has 0 saturated carbocycles. The van der Waals surface area contributed by atoms with E-state index in [1.54, 1.807) is 24.3 Å². The number of esters is 1. The smallest absolute Gasteiger partial charge is 0.328 e. The molecule has 0 aliphatic heterocycles. The zero-order chi connectivity index (χ0) is 20.8. The van der Waals surface area contributed by atoms with Gasteiger partial charge in [0.1, 0.15) is 23.7 Å². The van der Waals surface area contributed by atoms with Crippen molar-refractivity contribution in [2.24, 2.45) is 0 Å². The Balaban J connectivity index is 1.93. The Morgan fingerprint density at radius 2 is 1.93 bits per heavy atom. The summed E-state index contributed by atoms with van der Waals surface area (Å²) in [5.41, 5.74) is 0.835. The summed E-state index contributed by atoms with van der Waals surface area (Å²) < 4.78 is 11.6. The Bertz CT molecular complexity index is 875. The highest BCUT2D eigenvalue weighted by Gasteiger charge is 2.24. The van der Waals surface area contributed by atoms with Crippen LogP contribution in [0.2, 0.25) is 0 Å².